The van der Waals surface area contributed by atoms with E-state index in [9.17, 15) is 49.8 Å². The van der Waals surface area contributed by atoms with Crippen LogP contribution in [0.5, 0.6) is 11.5 Å². The lowest BCUT2D eigenvalue weighted by Gasteiger charge is -2.23. The van der Waals surface area contributed by atoms with Gasteiger partial charge in [0.05, 0.1) is 11.1 Å². The molecule has 0 saturated heterocycles. The molecule has 0 aromatic heterocycles. The summed E-state index contributed by atoms with van der Waals surface area (Å²) in [5.41, 5.74) is -7.52. The lowest BCUT2D eigenvalue weighted by Crippen LogP contribution is -2.17. The summed E-state index contributed by atoms with van der Waals surface area (Å²) in [6.07, 6.45) is -5.17. The van der Waals surface area contributed by atoms with Gasteiger partial charge in [-0.1, -0.05) is 24.3 Å². The second-order valence-electron chi connectivity index (χ2n) is 9.42. The first-order valence-corrected chi connectivity index (χ1v) is 12.6. The van der Waals surface area contributed by atoms with Crippen molar-refractivity contribution < 1.29 is 31.8 Å². The van der Waals surface area contributed by atoms with E-state index < -0.39 is 85.0 Å². The summed E-state index contributed by atoms with van der Waals surface area (Å²) in [6, 6.07) is 18.4. The summed E-state index contributed by atoms with van der Waals surface area (Å²) in [6.45, 7) is 0. The molecule has 0 aliphatic heterocycles. The molecule has 8 nitrogen and oxygen atoms in total. The van der Waals surface area contributed by atoms with Crippen LogP contribution >= 0.6 is 0 Å². The summed E-state index contributed by atoms with van der Waals surface area (Å²) in [5.74, 6) is -3.95. The molecule has 0 amide bonds. The van der Waals surface area contributed by atoms with Crippen LogP contribution in [0.3, 0.4) is 0 Å². The van der Waals surface area contributed by atoms with Gasteiger partial charge in [-0.05, 0) is 46.5 Å². The summed E-state index contributed by atoms with van der Waals surface area (Å²) >= 11 is 0. The number of phenols is 1. The Labute approximate surface area is 255 Å². The molecule has 0 spiro atoms. The Morgan fingerprint density at radius 3 is 1.43 bits per heavy atom. The SMILES string of the molecule is N#CC(C#N)=C1C(F)=C(C#N)c2c1c(-c1cccc(O)c1)c1c(c2-c2cccc(OC(F)(F)F)c2)C(=C(C#N)C#N)C(F)=C1C#N. The number of nitriles is 6. The minimum atomic E-state index is -5.17. The van der Waals surface area contributed by atoms with Crippen molar-refractivity contribution in [2.75, 3.05) is 0 Å². The first-order chi connectivity index (χ1) is 22.0. The van der Waals surface area contributed by atoms with Gasteiger partial charge >= 0.3 is 6.36 Å². The molecule has 0 unspecified atom stereocenters. The number of ether oxygens (including phenoxy) is 1. The lowest BCUT2D eigenvalue weighted by atomic mass is 9.78. The van der Waals surface area contributed by atoms with Crippen LogP contribution in [-0.4, -0.2) is 11.5 Å². The molecule has 0 radical (unpaired) electrons. The minimum Gasteiger partial charge on any atom is -0.508 e. The molecular weight excluding hydrogens is 607 g/mol. The van der Waals surface area contributed by atoms with Gasteiger partial charge in [-0.2, -0.15) is 31.6 Å². The average molecular weight is 616 g/mol. The number of hydrogen-bond acceptors (Lipinski definition) is 8. The molecule has 5 rings (SSSR count). The molecule has 0 heterocycles. The third kappa shape index (κ3) is 4.55. The fourth-order valence-corrected chi connectivity index (χ4v) is 5.48. The third-order valence-electron chi connectivity index (χ3n) is 7.04. The van der Waals surface area contributed by atoms with Crippen LogP contribution in [0.2, 0.25) is 0 Å². The van der Waals surface area contributed by atoms with E-state index in [1.807, 2.05) is 0 Å². The largest absolute Gasteiger partial charge is 0.573 e. The number of hydrogen-bond donors (Lipinski definition) is 1. The Morgan fingerprint density at radius 2 is 1.04 bits per heavy atom. The predicted molar refractivity (Wildman–Crippen MR) is 149 cm³/mol. The minimum absolute atomic E-state index is 0.0369. The van der Waals surface area contributed by atoms with Crippen LogP contribution in [0.4, 0.5) is 22.0 Å². The third-order valence-corrected chi connectivity index (χ3v) is 7.04. The second kappa shape index (κ2) is 11.1. The van der Waals surface area contributed by atoms with Crippen molar-refractivity contribution in [3.05, 3.63) is 93.6 Å². The van der Waals surface area contributed by atoms with Crippen LogP contribution in [0.25, 0.3) is 44.5 Å². The lowest BCUT2D eigenvalue weighted by molar-refractivity contribution is -0.274. The Bertz CT molecular complexity index is 2290. The maximum atomic E-state index is 16.3. The van der Waals surface area contributed by atoms with Crippen molar-refractivity contribution in [3.8, 4) is 70.2 Å². The molecule has 13 heteroatoms. The van der Waals surface area contributed by atoms with E-state index in [-0.39, 0.29) is 22.4 Å². The molecule has 1 N–H and O–H groups in total. The van der Waals surface area contributed by atoms with Gasteiger partial charge < -0.3 is 9.84 Å². The van der Waals surface area contributed by atoms with Gasteiger partial charge in [0.1, 0.15) is 59.1 Å². The van der Waals surface area contributed by atoms with Gasteiger partial charge in [-0.25, -0.2) is 8.78 Å². The van der Waals surface area contributed by atoms with Crippen LogP contribution in [0.15, 0.2) is 71.3 Å². The van der Waals surface area contributed by atoms with E-state index in [0.29, 0.717) is 0 Å². The van der Waals surface area contributed by atoms with Crippen LogP contribution < -0.4 is 4.74 Å². The molecule has 3 aromatic rings. The highest BCUT2D eigenvalue weighted by molar-refractivity contribution is 6.20. The topological polar surface area (TPSA) is 172 Å². The maximum Gasteiger partial charge on any atom is 0.573 e. The molecule has 3 aromatic carbocycles. The average Bonchev–Trinajstić information content (AvgIpc) is 3.46. The Kier molecular flexibility index (Phi) is 7.33. The van der Waals surface area contributed by atoms with E-state index in [1.165, 1.54) is 48.5 Å². The van der Waals surface area contributed by atoms with Crippen molar-refractivity contribution in [2.24, 2.45) is 0 Å². The molecule has 0 saturated carbocycles. The molecule has 0 atom stereocenters. The number of halogens is 5. The van der Waals surface area contributed by atoms with E-state index in [4.69, 9.17) is 0 Å². The van der Waals surface area contributed by atoms with E-state index in [2.05, 4.69) is 4.74 Å². The molecule has 0 bridgehead atoms. The van der Waals surface area contributed by atoms with Crippen molar-refractivity contribution >= 4 is 22.3 Å². The summed E-state index contributed by atoms with van der Waals surface area (Å²) in [5, 5.41) is 69.8. The monoisotopic (exact) mass is 616 g/mol. The number of benzene rings is 3. The number of rotatable bonds is 3. The number of allylic oxidation sites excluding steroid dienone is 8. The quantitative estimate of drug-likeness (QED) is 0.231. The van der Waals surface area contributed by atoms with Crippen LogP contribution in [0, 0.1) is 68.0 Å². The van der Waals surface area contributed by atoms with Gasteiger partial charge in [-0.3, -0.25) is 0 Å². The van der Waals surface area contributed by atoms with E-state index in [0.717, 1.165) is 24.3 Å². The standard InChI is InChI=1S/C33H9F5N6O2/c34-31-21(13-43)27-23(15-3-1-5-19(45)7-15)29-25(17(9-39)10-40)32(35)22(14-44)28(29)24(30(27)26(31)18(11-41)12-42)16-4-2-6-20(8-16)46-33(36,37)38/h1-8,45H. The summed E-state index contributed by atoms with van der Waals surface area (Å²) in [4.78, 5) is 0. The fourth-order valence-electron chi connectivity index (χ4n) is 5.48. The number of phenolic OH excluding ortho intramolecular Hbond substituents is 1. The number of nitrogens with zero attached hydrogens (tertiary/aromatic N) is 6. The Hall–Kier alpha value is -7.19. The number of alkyl halides is 3. The van der Waals surface area contributed by atoms with Gasteiger partial charge in [0.15, 0.2) is 11.7 Å². The zero-order valence-electron chi connectivity index (χ0n) is 22.5. The normalized spacial score (nSPS) is 13.0. The Balaban J connectivity index is 2.19. The molecule has 0 fully saturated rings. The van der Waals surface area contributed by atoms with Crippen molar-refractivity contribution in [2.45, 2.75) is 6.36 Å². The molecule has 218 valence electrons. The first-order valence-electron chi connectivity index (χ1n) is 12.6. The van der Waals surface area contributed by atoms with Crippen molar-refractivity contribution in [1.29, 1.82) is 31.6 Å². The molecule has 2 aliphatic rings. The summed E-state index contributed by atoms with van der Waals surface area (Å²) < 4.78 is 76.2. The van der Waals surface area contributed by atoms with Gasteiger partial charge in [0.2, 0.25) is 0 Å². The van der Waals surface area contributed by atoms with E-state index >= 15 is 8.78 Å². The number of aromatic hydroxyl groups is 1. The molecular formula is C33H9F5N6O2. The highest BCUT2D eigenvalue weighted by Crippen LogP contribution is 2.60. The smallest absolute Gasteiger partial charge is 0.508 e. The van der Waals surface area contributed by atoms with E-state index in [1.54, 1.807) is 12.1 Å². The highest BCUT2D eigenvalue weighted by Gasteiger charge is 2.44. The molecule has 46 heavy (non-hydrogen) atoms. The highest BCUT2D eigenvalue weighted by atomic mass is 19.4. The van der Waals surface area contributed by atoms with Crippen LogP contribution in [0.1, 0.15) is 22.3 Å². The zero-order chi connectivity index (χ0) is 33.5. The Morgan fingerprint density at radius 1 is 0.609 bits per heavy atom. The van der Waals surface area contributed by atoms with Gasteiger partial charge in [0, 0.05) is 33.4 Å². The maximum absolute atomic E-state index is 16.3. The molecule has 2 aliphatic carbocycles. The van der Waals surface area contributed by atoms with Crippen molar-refractivity contribution in [3.63, 3.8) is 0 Å². The van der Waals surface area contributed by atoms with Crippen LogP contribution in [-0.2, 0) is 0 Å². The second-order valence-corrected chi connectivity index (χ2v) is 9.42. The first kappa shape index (κ1) is 30.3. The van der Waals surface area contributed by atoms with Gasteiger partial charge in [-0.15, -0.1) is 13.2 Å². The summed E-state index contributed by atoms with van der Waals surface area (Å²) in [7, 11) is 0. The van der Waals surface area contributed by atoms with Crippen molar-refractivity contribution in [1.82, 2.24) is 0 Å². The number of fused-ring (bicyclic) bond motifs is 2. The van der Waals surface area contributed by atoms with Gasteiger partial charge in [0.25, 0.3) is 0 Å². The fraction of sp³-hybridized carbons (Fsp3) is 0.0303. The zero-order valence-corrected chi connectivity index (χ0v) is 22.5. The predicted octanol–water partition coefficient (Wildman–Crippen LogP) is 7.66.